The van der Waals surface area contributed by atoms with E-state index in [9.17, 15) is 13.2 Å². The molecule has 2 N–H and O–H groups in total. The lowest BCUT2D eigenvalue weighted by molar-refractivity contribution is -0.136. The number of benzene rings is 1. The quantitative estimate of drug-likeness (QED) is 0.753. The smallest absolute Gasteiger partial charge is 0.423 e. The standard InChI is InChI=1S/C7H4BCl2F3O2/c9-3-1-4(7(11,12)13)6(8(14)15)5(10)2-3/h1-2,14-15H. The molecule has 0 amide bonds. The average molecular weight is 259 g/mol. The molecule has 0 atom stereocenters. The Morgan fingerprint density at radius 1 is 1.13 bits per heavy atom. The highest BCUT2D eigenvalue weighted by Crippen LogP contribution is 2.31. The maximum absolute atomic E-state index is 12.4. The number of rotatable bonds is 1. The summed E-state index contributed by atoms with van der Waals surface area (Å²) in [6.07, 6.45) is -4.74. The largest absolute Gasteiger partial charge is 0.490 e. The topological polar surface area (TPSA) is 40.5 Å². The fraction of sp³-hybridized carbons (Fsp3) is 0.143. The van der Waals surface area contributed by atoms with E-state index in [2.05, 4.69) is 0 Å². The van der Waals surface area contributed by atoms with Crippen molar-refractivity contribution in [2.45, 2.75) is 6.18 Å². The van der Waals surface area contributed by atoms with Gasteiger partial charge in [0.25, 0.3) is 0 Å². The number of hydrogen-bond acceptors (Lipinski definition) is 2. The van der Waals surface area contributed by atoms with Crippen molar-refractivity contribution in [1.82, 2.24) is 0 Å². The van der Waals surface area contributed by atoms with Crippen molar-refractivity contribution in [2.24, 2.45) is 0 Å². The van der Waals surface area contributed by atoms with Gasteiger partial charge in [0, 0.05) is 15.5 Å². The molecule has 0 spiro atoms. The van der Waals surface area contributed by atoms with Gasteiger partial charge in [-0.2, -0.15) is 13.2 Å². The fourth-order valence-electron chi connectivity index (χ4n) is 1.08. The van der Waals surface area contributed by atoms with Crippen LogP contribution >= 0.6 is 23.2 Å². The molecule has 1 aromatic carbocycles. The van der Waals surface area contributed by atoms with Crippen LogP contribution in [0.25, 0.3) is 0 Å². The molecule has 0 saturated carbocycles. The van der Waals surface area contributed by atoms with E-state index >= 15 is 0 Å². The Bertz CT molecular complexity index is 381. The summed E-state index contributed by atoms with van der Waals surface area (Å²) in [5.41, 5.74) is -2.05. The van der Waals surface area contributed by atoms with Crippen LogP contribution in [0.2, 0.25) is 10.0 Å². The van der Waals surface area contributed by atoms with Gasteiger partial charge in [-0.15, -0.1) is 0 Å². The van der Waals surface area contributed by atoms with Gasteiger partial charge in [0.1, 0.15) is 0 Å². The summed E-state index contributed by atoms with van der Waals surface area (Å²) in [7, 11) is -2.30. The first-order valence-electron chi connectivity index (χ1n) is 3.65. The van der Waals surface area contributed by atoms with Crippen molar-refractivity contribution >= 4 is 35.8 Å². The summed E-state index contributed by atoms with van der Waals surface area (Å²) < 4.78 is 37.3. The van der Waals surface area contributed by atoms with E-state index in [0.717, 1.165) is 6.07 Å². The second-order valence-electron chi connectivity index (χ2n) is 2.72. The average Bonchev–Trinajstić information content (AvgIpc) is 1.99. The third-order valence-corrected chi connectivity index (χ3v) is 2.19. The Morgan fingerprint density at radius 3 is 2.07 bits per heavy atom. The summed E-state index contributed by atoms with van der Waals surface area (Å²) in [4.78, 5) is 0. The molecule has 82 valence electrons. The Kier molecular flexibility index (Phi) is 3.55. The monoisotopic (exact) mass is 258 g/mol. The van der Waals surface area contributed by atoms with E-state index in [0.29, 0.717) is 6.07 Å². The van der Waals surface area contributed by atoms with Crippen LogP contribution in [-0.4, -0.2) is 17.2 Å². The molecule has 0 radical (unpaired) electrons. The maximum atomic E-state index is 12.4. The van der Waals surface area contributed by atoms with E-state index in [1.54, 1.807) is 0 Å². The Labute approximate surface area is 93.4 Å². The Hall–Kier alpha value is -0.425. The fourth-order valence-corrected chi connectivity index (χ4v) is 1.67. The second-order valence-corrected chi connectivity index (χ2v) is 3.56. The van der Waals surface area contributed by atoms with Gasteiger partial charge in [-0.05, 0) is 12.1 Å². The highest BCUT2D eigenvalue weighted by atomic mass is 35.5. The molecule has 8 heteroatoms. The molecule has 2 nitrogen and oxygen atoms in total. The van der Waals surface area contributed by atoms with Gasteiger partial charge in [-0.25, -0.2) is 0 Å². The first-order valence-corrected chi connectivity index (χ1v) is 4.41. The first-order chi connectivity index (χ1) is 6.73. The molecular weight excluding hydrogens is 255 g/mol. The highest BCUT2D eigenvalue weighted by Gasteiger charge is 2.37. The third kappa shape index (κ3) is 2.78. The van der Waals surface area contributed by atoms with Crippen molar-refractivity contribution in [1.29, 1.82) is 0 Å². The minimum Gasteiger partial charge on any atom is -0.423 e. The number of halogens is 5. The van der Waals surface area contributed by atoms with Crippen LogP contribution in [0.1, 0.15) is 5.56 Å². The van der Waals surface area contributed by atoms with Crippen molar-refractivity contribution in [3.63, 3.8) is 0 Å². The van der Waals surface area contributed by atoms with Crippen LogP contribution in [0.15, 0.2) is 12.1 Å². The van der Waals surface area contributed by atoms with E-state index < -0.39 is 29.3 Å². The molecule has 0 bridgehead atoms. The molecular formula is C7H4BCl2F3O2. The van der Waals surface area contributed by atoms with Crippen molar-refractivity contribution in [3.05, 3.63) is 27.7 Å². The summed E-state index contributed by atoms with van der Waals surface area (Å²) in [6.45, 7) is 0. The predicted octanol–water partition coefficient (Wildman–Crippen LogP) is 1.69. The maximum Gasteiger partial charge on any atom is 0.490 e. The normalized spacial score (nSPS) is 11.7. The summed E-state index contributed by atoms with van der Waals surface area (Å²) in [5.74, 6) is 0. The summed E-state index contributed by atoms with van der Waals surface area (Å²) in [6, 6.07) is 1.59. The number of hydrogen-bond donors (Lipinski definition) is 2. The van der Waals surface area contributed by atoms with Gasteiger partial charge in [0.15, 0.2) is 0 Å². The minimum absolute atomic E-state index is 0.225. The lowest BCUT2D eigenvalue weighted by Crippen LogP contribution is -2.37. The highest BCUT2D eigenvalue weighted by molar-refractivity contribution is 6.63. The minimum atomic E-state index is -4.74. The lowest BCUT2D eigenvalue weighted by atomic mass is 9.76. The Balaban J connectivity index is 3.47. The molecule has 15 heavy (non-hydrogen) atoms. The lowest BCUT2D eigenvalue weighted by Gasteiger charge is -2.14. The molecule has 0 fully saturated rings. The molecule has 0 saturated heterocycles. The van der Waals surface area contributed by atoms with Gasteiger partial charge in [-0.3, -0.25) is 0 Å². The molecule has 0 unspecified atom stereocenters. The van der Waals surface area contributed by atoms with Crippen LogP contribution in [0.4, 0.5) is 13.2 Å². The van der Waals surface area contributed by atoms with Crippen LogP contribution < -0.4 is 5.46 Å². The summed E-state index contributed by atoms with van der Waals surface area (Å²) in [5, 5.41) is 16.9. The number of alkyl halides is 3. The van der Waals surface area contributed by atoms with Gasteiger partial charge in [0.05, 0.1) is 5.56 Å². The van der Waals surface area contributed by atoms with Gasteiger partial charge < -0.3 is 10.0 Å². The zero-order chi connectivity index (χ0) is 11.8. The molecule has 0 aliphatic rings. The Morgan fingerprint density at radius 2 is 1.67 bits per heavy atom. The molecule has 0 aliphatic carbocycles. The van der Waals surface area contributed by atoms with E-state index in [1.807, 2.05) is 0 Å². The molecule has 0 aromatic heterocycles. The molecule has 0 heterocycles. The van der Waals surface area contributed by atoms with Crippen molar-refractivity contribution in [2.75, 3.05) is 0 Å². The van der Waals surface area contributed by atoms with Crippen molar-refractivity contribution < 1.29 is 23.2 Å². The third-order valence-electron chi connectivity index (χ3n) is 1.66. The SMILES string of the molecule is OB(O)c1c(Cl)cc(Cl)cc1C(F)(F)F. The zero-order valence-electron chi connectivity index (χ0n) is 7.02. The molecule has 1 aromatic rings. The van der Waals surface area contributed by atoms with E-state index in [-0.39, 0.29) is 5.02 Å². The molecule has 0 aliphatic heterocycles. The van der Waals surface area contributed by atoms with E-state index in [4.69, 9.17) is 33.2 Å². The second kappa shape index (κ2) is 4.21. The van der Waals surface area contributed by atoms with E-state index in [1.165, 1.54) is 0 Å². The van der Waals surface area contributed by atoms with Crippen molar-refractivity contribution in [3.8, 4) is 0 Å². The van der Waals surface area contributed by atoms with Gasteiger partial charge in [0.2, 0.25) is 0 Å². The van der Waals surface area contributed by atoms with Gasteiger partial charge in [-0.1, -0.05) is 23.2 Å². The van der Waals surface area contributed by atoms with Crippen LogP contribution in [0, 0.1) is 0 Å². The van der Waals surface area contributed by atoms with Crippen LogP contribution in [-0.2, 0) is 6.18 Å². The zero-order valence-corrected chi connectivity index (χ0v) is 8.53. The van der Waals surface area contributed by atoms with Crippen LogP contribution in [0.3, 0.4) is 0 Å². The van der Waals surface area contributed by atoms with Crippen LogP contribution in [0.5, 0.6) is 0 Å². The first kappa shape index (κ1) is 12.6. The summed E-state index contributed by atoms with van der Waals surface area (Å²) >= 11 is 10.8. The predicted molar refractivity (Wildman–Crippen MR) is 51.3 cm³/mol. The molecule has 1 rings (SSSR count). The van der Waals surface area contributed by atoms with Gasteiger partial charge >= 0.3 is 13.3 Å².